The van der Waals surface area contributed by atoms with E-state index in [1.807, 2.05) is 195 Å². The zero-order valence-corrected chi connectivity index (χ0v) is 63.8. The molecule has 0 atom stereocenters. The third kappa shape index (κ3) is 22.8. The molecule has 1 heterocycles. The number of oxime groups is 3. The molecule has 0 aliphatic rings. The second-order valence-electron chi connectivity index (χ2n) is 25.4. The van der Waals surface area contributed by atoms with Crippen molar-refractivity contribution in [1.82, 2.24) is 4.57 Å². The summed E-state index contributed by atoms with van der Waals surface area (Å²) in [5, 5.41) is 13.9. The molecular weight excluding hydrogens is 1440 g/mol. The molecule has 0 N–H and O–H groups in total. The second kappa shape index (κ2) is 38.9. The lowest BCUT2D eigenvalue weighted by molar-refractivity contribution is -0.153. The first-order chi connectivity index (χ1) is 50.7. The van der Waals surface area contributed by atoms with E-state index >= 15 is 0 Å². The highest BCUT2D eigenvalue weighted by Crippen LogP contribution is 2.34. The monoisotopic (exact) mass is 1520 g/mol. The Morgan fingerprint density at radius 3 is 1.43 bits per heavy atom. The summed E-state index contributed by atoms with van der Waals surface area (Å²) in [5.74, 6) is -1.43. The Kier molecular flexibility index (Phi) is 29.2. The standard InChI is InChI=1S/C34H30BrNO4S2.C27H27NO3S.C26H24N2O3/c1-34(2,3)33(39)40-36-30(21-22-41-27-19-13-26(35)14-20-27)32(38)25-11-17-29(18-12-25)42-28-15-9-24(10-16-28)31(37)23-7-5-4-6-8-23;1-2-3-4-11-16-25(28-31-27(30)22-12-7-5-8-13-22)26(29)21-17-19-24(20-18-21)32-23-14-9-6-10-15-23;1-5-28-24-12-10-19(17(3)27-31-18(4)29)14-22(24)23-15-20(11-13-25(23)28)26(30)21-9-7-6-8-16(21)2/h4-20H,21-22H2,1-3H3;5-10,12-15,17-20H,2-4,11,16H2,1H3;6-15H,5H2,1-4H3/b36-30+;28-25-;27-17+. The van der Waals surface area contributed by atoms with E-state index in [9.17, 15) is 33.6 Å². The van der Waals surface area contributed by atoms with E-state index in [4.69, 9.17) is 14.5 Å². The number of rotatable bonds is 27. The number of nitrogens with zero attached hydrogens (tertiary/aromatic N) is 4. The number of ketones is 4. The molecule has 0 saturated heterocycles. The maximum atomic E-state index is 13.4. The molecule has 0 amide bonds. The summed E-state index contributed by atoms with van der Waals surface area (Å²) in [4.78, 5) is 108. The van der Waals surface area contributed by atoms with E-state index in [1.54, 1.807) is 112 Å². The number of carbonyl (C=O) groups is 7. The summed E-state index contributed by atoms with van der Waals surface area (Å²) in [6.07, 6.45) is 4.83. The smallest absolute Gasteiger partial charge is 0.341 e. The van der Waals surface area contributed by atoms with E-state index in [0.29, 0.717) is 63.3 Å². The van der Waals surface area contributed by atoms with Crippen LogP contribution in [0.15, 0.2) is 293 Å². The van der Waals surface area contributed by atoms with Crippen molar-refractivity contribution in [2.45, 2.75) is 125 Å². The number of hydrogen-bond donors (Lipinski definition) is 0. The predicted molar refractivity (Wildman–Crippen MR) is 427 cm³/mol. The number of aromatic nitrogens is 1. The molecule has 0 fully saturated rings. The first-order valence-electron chi connectivity index (χ1n) is 34.5. The fourth-order valence-electron chi connectivity index (χ4n) is 10.7. The van der Waals surface area contributed by atoms with E-state index in [2.05, 4.69) is 49.8 Å². The molecule has 534 valence electrons. The first-order valence-corrected chi connectivity index (χ1v) is 37.9. The maximum Gasteiger partial charge on any atom is 0.365 e. The van der Waals surface area contributed by atoms with Crippen molar-refractivity contribution in [1.29, 1.82) is 0 Å². The fourth-order valence-corrected chi connectivity index (χ4v) is 13.5. The highest BCUT2D eigenvalue weighted by Gasteiger charge is 2.26. The number of fused-ring (bicyclic) bond motifs is 3. The normalized spacial score (nSPS) is 11.6. The number of benzene rings is 10. The third-order valence-electron chi connectivity index (χ3n) is 16.5. The molecule has 1 aromatic heterocycles. The van der Waals surface area contributed by atoms with Crippen molar-refractivity contribution < 1.29 is 48.1 Å². The van der Waals surface area contributed by atoms with Crippen molar-refractivity contribution >= 4 is 131 Å². The van der Waals surface area contributed by atoms with Crippen LogP contribution in [-0.4, -0.2) is 68.5 Å². The van der Waals surface area contributed by atoms with Crippen LogP contribution in [0.1, 0.15) is 161 Å². The van der Waals surface area contributed by atoms with Crippen LogP contribution in [0.4, 0.5) is 0 Å². The molecule has 18 heteroatoms. The van der Waals surface area contributed by atoms with E-state index in [0.717, 1.165) is 94.1 Å². The van der Waals surface area contributed by atoms with Crippen LogP contribution < -0.4 is 0 Å². The Balaban J connectivity index is 0.000000185. The van der Waals surface area contributed by atoms with Gasteiger partial charge in [0.25, 0.3) is 0 Å². The topological polar surface area (TPSA) is 189 Å². The van der Waals surface area contributed by atoms with Crippen LogP contribution in [0.5, 0.6) is 0 Å². The van der Waals surface area contributed by atoms with Gasteiger partial charge in [0.05, 0.1) is 16.7 Å². The van der Waals surface area contributed by atoms with Gasteiger partial charge in [-0.3, -0.25) is 19.2 Å². The van der Waals surface area contributed by atoms with E-state index in [1.165, 1.54) is 18.7 Å². The summed E-state index contributed by atoms with van der Waals surface area (Å²) in [6.45, 7) is 15.3. The van der Waals surface area contributed by atoms with Gasteiger partial charge in [-0.1, -0.05) is 178 Å². The van der Waals surface area contributed by atoms with Crippen molar-refractivity contribution in [3.8, 4) is 0 Å². The van der Waals surface area contributed by atoms with Gasteiger partial charge in [-0.2, -0.15) is 0 Å². The molecule has 14 nitrogen and oxygen atoms in total. The summed E-state index contributed by atoms with van der Waals surface area (Å²) < 4.78 is 3.23. The molecule has 105 heavy (non-hydrogen) atoms. The lowest BCUT2D eigenvalue weighted by atomic mass is 9.97. The minimum Gasteiger partial charge on any atom is -0.341 e. The molecule has 0 radical (unpaired) electrons. The molecular formula is C87H81BrN4O10S3. The van der Waals surface area contributed by atoms with E-state index in [-0.39, 0.29) is 34.6 Å². The molecule has 0 unspecified atom stereocenters. The van der Waals surface area contributed by atoms with Gasteiger partial charge in [0.2, 0.25) is 11.6 Å². The van der Waals surface area contributed by atoms with Gasteiger partial charge in [-0.25, -0.2) is 14.4 Å². The number of hydrogen-bond acceptors (Lipinski definition) is 16. The summed E-state index contributed by atoms with van der Waals surface area (Å²) in [7, 11) is 0. The Bertz CT molecular complexity index is 4940. The Hall–Kier alpha value is -10.4. The maximum absolute atomic E-state index is 13.4. The molecule has 0 saturated carbocycles. The van der Waals surface area contributed by atoms with Crippen molar-refractivity contribution in [2.75, 3.05) is 5.75 Å². The molecule has 11 aromatic rings. The zero-order chi connectivity index (χ0) is 74.8. The molecule has 10 aromatic carbocycles. The average molecular weight is 1520 g/mol. The van der Waals surface area contributed by atoms with Gasteiger partial charge >= 0.3 is 17.9 Å². The third-order valence-corrected chi connectivity index (χ3v) is 20.0. The van der Waals surface area contributed by atoms with Gasteiger partial charge in [0.15, 0.2) is 11.6 Å². The van der Waals surface area contributed by atoms with Crippen molar-refractivity contribution in [3.05, 3.63) is 303 Å². The van der Waals surface area contributed by atoms with Gasteiger partial charge in [-0.05, 0) is 217 Å². The Morgan fingerprint density at radius 2 is 0.895 bits per heavy atom. The number of halogens is 1. The van der Waals surface area contributed by atoms with Crippen LogP contribution in [-0.2, 0) is 30.6 Å². The largest absolute Gasteiger partial charge is 0.365 e. The molecule has 0 spiro atoms. The van der Waals surface area contributed by atoms with Crippen LogP contribution >= 0.6 is 51.2 Å². The summed E-state index contributed by atoms with van der Waals surface area (Å²) >= 11 is 8.20. The number of aryl methyl sites for hydroxylation is 2. The number of Topliss-reactive ketones (excluding diaryl/α,β-unsaturated/α-hetero) is 2. The fraction of sp³-hybridized carbons (Fsp3) is 0.195. The van der Waals surface area contributed by atoms with Gasteiger partial charge < -0.3 is 19.1 Å². The van der Waals surface area contributed by atoms with Crippen LogP contribution in [0.25, 0.3) is 21.8 Å². The minimum atomic E-state index is -0.740. The van der Waals surface area contributed by atoms with Gasteiger partial charge in [-0.15, -0.1) is 11.8 Å². The summed E-state index contributed by atoms with van der Waals surface area (Å²) in [5.41, 5.74) is 8.37. The number of thioether (sulfide) groups is 1. The zero-order valence-electron chi connectivity index (χ0n) is 59.8. The lowest BCUT2D eigenvalue weighted by Gasteiger charge is -2.14. The molecule has 0 aliphatic carbocycles. The molecule has 0 bridgehead atoms. The SMILES string of the molecule is CC(C)(C)C(=O)O/N=C(\CCSc1ccc(Br)cc1)C(=O)c1ccc(Sc2ccc(C(=O)c3ccccc3)cc2)cc1.CCCCCC/C(=N/OC(=O)c1ccccc1)C(=O)c1ccc(Sc2ccccc2)cc1.CCn1c2ccc(C(=O)c3ccccc3C)cc2c2cc(/C(C)=N/OC(C)=O)ccc21. The van der Waals surface area contributed by atoms with E-state index < -0.39 is 23.3 Å². The molecule has 11 rings (SSSR count). The minimum absolute atomic E-state index is 0.0150. The summed E-state index contributed by atoms with van der Waals surface area (Å²) in [6, 6.07) is 77.6. The van der Waals surface area contributed by atoms with Crippen molar-refractivity contribution in [2.24, 2.45) is 20.9 Å². The lowest BCUT2D eigenvalue weighted by Crippen LogP contribution is -2.23. The highest BCUT2D eigenvalue weighted by atomic mass is 79.9. The second-order valence-corrected chi connectivity index (χ2v) is 29.7. The predicted octanol–water partition coefficient (Wildman–Crippen LogP) is 22.0. The first kappa shape index (κ1) is 78.8. The Morgan fingerprint density at radius 1 is 0.438 bits per heavy atom. The Labute approximate surface area is 634 Å². The highest BCUT2D eigenvalue weighted by molar-refractivity contribution is 9.10. The number of carbonyl (C=O) groups excluding carboxylic acids is 7. The van der Waals surface area contributed by atoms with Crippen molar-refractivity contribution in [3.63, 3.8) is 0 Å². The van der Waals surface area contributed by atoms with Gasteiger partial charge in [0, 0.05) is 110 Å². The van der Waals surface area contributed by atoms with Gasteiger partial charge in [0.1, 0.15) is 11.4 Å². The molecule has 0 aliphatic heterocycles. The quantitative estimate of drug-likeness (QED) is 0.0118. The van der Waals surface area contributed by atoms with Crippen LogP contribution in [0.2, 0.25) is 0 Å². The number of unbranched alkanes of at least 4 members (excludes halogenated alkanes) is 3. The average Bonchev–Trinajstić information content (AvgIpc) is 1.60. The van der Waals surface area contributed by atoms with Crippen LogP contribution in [0, 0.1) is 12.3 Å². The van der Waals surface area contributed by atoms with Crippen LogP contribution in [0.3, 0.4) is 0 Å².